The van der Waals surface area contributed by atoms with Crippen molar-refractivity contribution in [3.05, 3.63) is 75.4 Å². The maximum absolute atomic E-state index is 11.9. The third-order valence-corrected chi connectivity index (χ3v) is 3.33. The van der Waals surface area contributed by atoms with Crippen molar-refractivity contribution in [1.82, 2.24) is 0 Å². The van der Waals surface area contributed by atoms with E-state index in [0.29, 0.717) is 20.6 Å². The van der Waals surface area contributed by atoms with Crippen LogP contribution >= 0.6 is 34.8 Å². The van der Waals surface area contributed by atoms with Crippen molar-refractivity contribution in [1.29, 1.82) is 0 Å². The topological polar surface area (TPSA) is 29.1 Å². The molecule has 0 fully saturated rings. The van der Waals surface area contributed by atoms with Gasteiger partial charge in [0.1, 0.15) is 0 Å². The first-order valence-electron chi connectivity index (χ1n) is 5.74. The molecule has 0 radical (unpaired) electrons. The quantitative estimate of drug-likeness (QED) is 0.597. The van der Waals surface area contributed by atoms with Crippen LogP contribution in [0.1, 0.15) is 10.4 Å². The van der Waals surface area contributed by atoms with E-state index in [1.807, 2.05) is 12.1 Å². The first-order valence-corrected chi connectivity index (χ1v) is 6.88. The number of carbonyl (C=O) groups is 1. The minimum Gasteiger partial charge on any atom is -0.362 e. The average molecular weight is 327 g/mol. The number of ketones is 1. The minimum absolute atomic E-state index is 0.201. The van der Waals surface area contributed by atoms with Gasteiger partial charge in [-0.2, -0.15) is 0 Å². The Hall–Kier alpha value is -1.48. The van der Waals surface area contributed by atoms with Crippen molar-refractivity contribution in [2.24, 2.45) is 0 Å². The number of rotatable bonds is 4. The van der Waals surface area contributed by atoms with Gasteiger partial charge in [0.2, 0.25) is 0 Å². The number of anilines is 1. The zero-order valence-corrected chi connectivity index (χ0v) is 12.5. The molecule has 5 heteroatoms. The summed E-state index contributed by atoms with van der Waals surface area (Å²) in [5, 5.41) is 4.46. The summed E-state index contributed by atoms with van der Waals surface area (Å²) in [6, 6.07) is 11.9. The molecule has 0 heterocycles. The van der Waals surface area contributed by atoms with Gasteiger partial charge in [0.05, 0.1) is 5.02 Å². The molecule has 0 amide bonds. The molecule has 0 bridgehead atoms. The second kappa shape index (κ2) is 6.80. The van der Waals surface area contributed by atoms with Crippen LogP contribution in [0.25, 0.3) is 0 Å². The second-order valence-electron chi connectivity index (χ2n) is 3.97. The maximum atomic E-state index is 11.9. The van der Waals surface area contributed by atoms with E-state index in [0.717, 1.165) is 5.69 Å². The summed E-state index contributed by atoms with van der Waals surface area (Å²) in [4.78, 5) is 11.9. The number of halogens is 3. The molecule has 0 saturated heterocycles. The monoisotopic (exact) mass is 325 g/mol. The molecule has 0 atom stereocenters. The van der Waals surface area contributed by atoms with Crippen LogP contribution < -0.4 is 5.32 Å². The van der Waals surface area contributed by atoms with Gasteiger partial charge in [-0.15, -0.1) is 0 Å². The number of nitrogens with one attached hydrogen (secondary N) is 1. The van der Waals surface area contributed by atoms with Crippen LogP contribution in [0.4, 0.5) is 5.69 Å². The SMILES string of the molecule is O=C(/C=C\Nc1ccc(Cl)cc1)c1ccc(Cl)cc1Cl. The van der Waals surface area contributed by atoms with E-state index < -0.39 is 0 Å². The molecule has 2 rings (SSSR count). The van der Waals surface area contributed by atoms with Crippen LogP contribution in [0.2, 0.25) is 15.1 Å². The highest BCUT2D eigenvalue weighted by Gasteiger charge is 2.07. The molecule has 2 nitrogen and oxygen atoms in total. The lowest BCUT2D eigenvalue weighted by Crippen LogP contribution is -1.97. The van der Waals surface area contributed by atoms with Gasteiger partial charge in [0.15, 0.2) is 5.78 Å². The van der Waals surface area contributed by atoms with E-state index in [-0.39, 0.29) is 5.78 Å². The lowest BCUT2D eigenvalue weighted by atomic mass is 10.1. The van der Waals surface area contributed by atoms with Crippen molar-refractivity contribution >= 4 is 46.3 Å². The molecule has 0 aliphatic carbocycles. The van der Waals surface area contributed by atoms with Gasteiger partial charge < -0.3 is 5.32 Å². The number of hydrogen-bond acceptors (Lipinski definition) is 2. The van der Waals surface area contributed by atoms with E-state index in [1.54, 1.807) is 30.5 Å². The Labute approximate surface area is 132 Å². The molecule has 20 heavy (non-hydrogen) atoms. The van der Waals surface area contributed by atoms with Crippen LogP contribution in [0.15, 0.2) is 54.7 Å². The first kappa shape index (κ1) is 14.9. The molecule has 0 spiro atoms. The predicted molar refractivity (Wildman–Crippen MR) is 85.0 cm³/mol. The molecule has 0 saturated carbocycles. The van der Waals surface area contributed by atoms with E-state index >= 15 is 0 Å². The van der Waals surface area contributed by atoms with Crippen LogP contribution in [0.5, 0.6) is 0 Å². The van der Waals surface area contributed by atoms with Crippen molar-refractivity contribution in [3.63, 3.8) is 0 Å². The van der Waals surface area contributed by atoms with E-state index in [1.165, 1.54) is 12.1 Å². The molecular weight excluding hydrogens is 317 g/mol. The Morgan fingerprint density at radius 3 is 2.25 bits per heavy atom. The number of allylic oxidation sites excluding steroid dienone is 1. The molecule has 0 unspecified atom stereocenters. The molecule has 102 valence electrons. The predicted octanol–water partition coefficient (Wildman–Crippen LogP) is 5.46. The number of benzene rings is 2. The fourth-order valence-electron chi connectivity index (χ4n) is 1.54. The van der Waals surface area contributed by atoms with Crippen LogP contribution in [-0.4, -0.2) is 5.78 Å². The molecule has 0 aliphatic rings. The van der Waals surface area contributed by atoms with Crippen LogP contribution in [0, 0.1) is 0 Å². The van der Waals surface area contributed by atoms with Gasteiger partial charge in [0.25, 0.3) is 0 Å². The van der Waals surface area contributed by atoms with Gasteiger partial charge in [-0.3, -0.25) is 4.79 Å². The fourth-order valence-corrected chi connectivity index (χ4v) is 2.17. The fraction of sp³-hybridized carbons (Fsp3) is 0. The minimum atomic E-state index is -0.201. The van der Waals surface area contributed by atoms with E-state index in [9.17, 15) is 4.79 Å². The van der Waals surface area contributed by atoms with E-state index in [4.69, 9.17) is 34.8 Å². The Balaban J connectivity index is 2.04. The molecule has 2 aromatic rings. The van der Waals surface area contributed by atoms with Crippen molar-refractivity contribution in [2.45, 2.75) is 0 Å². The summed E-state index contributed by atoms with van der Waals surface area (Å²) in [7, 11) is 0. The largest absolute Gasteiger partial charge is 0.362 e. The van der Waals surface area contributed by atoms with Crippen molar-refractivity contribution in [2.75, 3.05) is 5.32 Å². The molecule has 0 aromatic heterocycles. The highest BCUT2D eigenvalue weighted by molar-refractivity contribution is 6.37. The summed E-state index contributed by atoms with van der Waals surface area (Å²) in [6.07, 6.45) is 2.96. The van der Waals surface area contributed by atoms with E-state index in [2.05, 4.69) is 5.32 Å². The Morgan fingerprint density at radius 1 is 0.950 bits per heavy atom. The summed E-state index contributed by atoms with van der Waals surface area (Å²) >= 11 is 17.5. The maximum Gasteiger partial charge on any atom is 0.188 e. The highest BCUT2D eigenvalue weighted by atomic mass is 35.5. The summed E-state index contributed by atoms with van der Waals surface area (Å²) < 4.78 is 0. The Morgan fingerprint density at radius 2 is 1.60 bits per heavy atom. The van der Waals surface area contributed by atoms with Crippen molar-refractivity contribution < 1.29 is 4.79 Å². The zero-order chi connectivity index (χ0) is 14.5. The Kier molecular flexibility index (Phi) is 5.07. The summed E-state index contributed by atoms with van der Waals surface area (Å²) in [5.41, 5.74) is 1.24. The van der Waals surface area contributed by atoms with Gasteiger partial charge in [0, 0.05) is 33.6 Å². The standard InChI is InChI=1S/C15H10Cl3NO/c16-10-1-4-12(5-2-10)19-8-7-15(20)13-6-3-11(17)9-14(13)18/h1-9,19H/b8-7-. The third-order valence-electron chi connectivity index (χ3n) is 2.53. The second-order valence-corrected chi connectivity index (χ2v) is 5.25. The highest BCUT2D eigenvalue weighted by Crippen LogP contribution is 2.21. The zero-order valence-electron chi connectivity index (χ0n) is 10.2. The average Bonchev–Trinajstić information content (AvgIpc) is 2.41. The first-order chi connectivity index (χ1) is 9.56. The van der Waals surface area contributed by atoms with Crippen LogP contribution in [-0.2, 0) is 0 Å². The number of carbonyl (C=O) groups excluding carboxylic acids is 1. The molecule has 2 aromatic carbocycles. The number of hydrogen-bond donors (Lipinski definition) is 1. The molecule has 1 N–H and O–H groups in total. The molecule has 0 aliphatic heterocycles. The lowest BCUT2D eigenvalue weighted by Gasteiger charge is -2.02. The van der Waals surface area contributed by atoms with Gasteiger partial charge in [-0.05, 0) is 42.5 Å². The van der Waals surface area contributed by atoms with Gasteiger partial charge in [-0.1, -0.05) is 34.8 Å². The normalized spacial score (nSPS) is 10.8. The van der Waals surface area contributed by atoms with Crippen molar-refractivity contribution in [3.8, 4) is 0 Å². The van der Waals surface area contributed by atoms with Crippen LogP contribution in [0.3, 0.4) is 0 Å². The third kappa shape index (κ3) is 4.01. The lowest BCUT2D eigenvalue weighted by molar-refractivity contribution is 0.104. The summed E-state index contributed by atoms with van der Waals surface area (Å²) in [6.45, 7) is 0. The Bertz CT molecular complexity index is 651. The molecular formula is C15H10Cl3NO. The van der Waals surface area contributed by atoms with Gasteiger partial charge >= 0.3 is 0 Å². The van der Waals surface area contributed by atoms with Gasteiger partial charge in [-0.25, -0.2) is 0 Å². The summed E-state index contributed by atoms with van der Waals surface area (Å²) in [5.74, 6) is -0.201. The smallest absolute Gasteiger partial charge is 0.188 e.